The Morgan fingerprint density at radius 3 is 2.56 bits per heavy atom. The van der Waals surface area contributed by atoms with E-state index in [1.807, 2.05) is 0 Å². The highest BCUT2D eigenvalue weighted by Gasteiger charge is 2.30. The van der Waals surface area contributed by atoms with E-state index in [4.69, 9.17) is 5.73 Å². The van der Waals surface area contributed by atoms with Crippen molar-refractivity contribution in [3.8, 4) is 0 Å². The van der Waals surface area contributed by atoms with E-state index in [-0.39, 0.29) is 23.8 Å². The van der Waals surface area contributed by atoms with Crippen LogP contribution in [0.5, 0.6) is 0 Å². The molecule has 0 heterocycles. The number of rotatable bonds is 4. The van der Waals surface area contributed by atoms with Gasteiger partial charge in [0.25, 0.3) is 0 Å². The highest BCUT2D eigenvalue weighted by Crippen LogP contribution is 2.29. The first-order chi connectivity index (χ1) is 8.43. The lowest BCUT2D eigenvalue weighted by molar-refractivity contribution is -0.136. The molecule has 1 aliphatic rings. The molecule has 18 heavy (non-hydrogen) atoms. The largest absolute Gasteiger partial charge is 0.359 e. The molecule has 0 radical (unpaired) electrons. The van der Waals surface area contributed by atoms with Crippen LogP contribution >= 0.6 is 0 Å². The van der Waals surface area contributed by atoms with Gasteiger partial charge in [0.15, 0.2) is 0 Å². The number of carbonyl (C=O) groups excluding carboxylic acids is 2. The van der Waals surface area contributed by atoms with E-state index in [1.165, 1.54) is 0 Å². The first kappa shape index (κ1) is 15.0. The Morgan fingerprint density at radius 1 is 1.33 bits per heavy atom. The molecule has 1 rings (SSSR count). The van der Waals surface area contributed by atoms with Crippen LogP contribution in [0.3, 0.4) is 0 Å². The lowest BCUT2D eigenvalue weighted by Crippen LogP contribution is -2.41. The number of hydrogen-bond donors (Lipinski definition) is 2. The van der Waals surface area contributed by atoms with Gasteiger partial charge in [-0.15, -0.1) is 0 Å². The number of amides is 2. The number of nitrogens with zero attached hydrogens (tertiary/aromatic N) is 1. The zero-order chi connectivity index (χ0) is 13.7. The average molecular weight is 255 g/mol. The fourth-order valence-electron chi connectivity index (χ4n) is 2.67. The first-order valence-corrected chi connectivity index (χ1v) is 6.65. The Labute approximate surface area is 109 Å². The average Bonchev–Trinajstić information content (AvgIpc) is 2.33. The maximum atomic E-state index is 12.2. The smallest absolute Gasteiger partial charge is 0.225 e. The molecular weight excluding hydrogens is 230 g/mol. The van der Waals surface area contributed by atoms with Crippen LogP contribution in [0.2, 0.25) is 0 Å². The van der Waals surface area contributed by atoms with Gasteiger partial charge in [0.1, 0.15) is 0 Å². The molecule has 1 saturated carbocycles. The van der Waals surface area contributed by atoms with Gasteiger partial charge < -0.3 is 16.0 Å². The van der Waals surface area contributed by atoms with Crippen molar-refractivity contribution < 1.29 is 9.59 Å². The minimum absolute atomic E-state index is 0.0263. The fraction of sp³-hybridized carbons (Fsp3) is 0.846. The van der Waals surface area contributed by atoms with Gasteiger partial charge in [-0.05, 0) is 25.2 Å². The second-order valence-electron chi connectivity index (χ2n) is 5.45. The third-order valence-corrected chi connectivity index (χ3v) is 3.66. The molecule has 3 N–H and O–H groups in total. The Bertz CT molecular complexity index is 297. The van der Waals surface area contributed by atoms with Gasteiger partial charge in [-0.25, -0.2) is 0 Å². The molecule has 5 heteroatoms. The molecule has 104 valence electrons. The summed E-state index contributed by atoms with van der Waals surface area (Å²) >= 11 is 0. The SMILES string of the molecule is CNC(=O)CCN(C)C(=O)C1CC(C)CC(N)C1. The highest BCUT2D eigenvalue weighted by atomic mass is 16.2. The Morgan fingerprint density at radius 2 is 2.00 bits per heavy atom. The molecule has 3 unspecified atom stereocenters. The van der Waals surface area contributed by atoms with Gasteiger partial charge in [0.2, 0.25) is 11.8 Å². The van der Waals surface area contributed by atoms with Crippen LogP contribution in [0.15, 0.2) is 0 Å². The van der Waals surface area contributed by atoms with Gasteiger partial charge in [-0.1, -0.05) is 6.92 Å². The summed E-state index contributed by atoms with van der Waals surface area (Å²) in [5, 5.41) is 2.56. The maximum absolute atomic E-state index is 12.2. The predicted molar refractivity (Wildman–Crippen MR) is 70.8 cm³/mol. The van der Waals surface area contributed by atoms with Crippen molar-refractivity contribution in [2.45, 2.75) is 38.6 Å². The minimum atomic E-state index is -0.0386. The van der Waals surface area contributed by atoms with Crippen molar-refractivity contribution in [1.82, 2.24) is 10.2 Å². The van der Waals surface area contributed by atoms with E-state index >= 15 is 0 Å². The van der Waals surface area contributed by atoms with Crippen LogP contribution in [-0.4, -0.2) is 43.4 Å². The van der Waals surface area contributed by atoms with Crippen molar-refractivity contribution in [2.75, 3.05) is 20.6 Å². The van der Waals surface area contributed by atoms with E-state index in [0.29, 0.717) is 18.9 Å². The molecule has 0 aromatic carbocycles. The van der Waals surface area contributed by atoms with Crippen molar-refractivity contribution in [1.29, 1.82) is 0 Å². The Balaban J connectivity index is 2.45. The predicted octanol–water partition coefficient (Wildman–Crippen LogP) is 0.344. The van der Waals surface area contributed by atoms with E-state index in [1.54, 1.807) is 19.0 Å². The van der Waals surface area contributed by atoms with Crippen LogP contribution in [0.1, 0.15) is 32.6 Å². The Kier molecular flexibility index (Phi) is 5.59. The molecule has 3 atom stereocenters. The van der Waals surface area contributed by atoms with Crippen molar-refractivity contribution >= 4 is 11.8 Å². The first-order valence-electron chi connectivity index (χ1n) is 6.65. The summed E-state index contributed by atoms with van der Waals surface area (Å²) in [4.78, 5) is 25.0. The van der Waals surface area contributed by atoms with Gasteiger partial charge in [0, 0.05) is 39.0 Å². The molecule has 0 spiro atoms. The summed E-state index contributed by atoms with van der Waals surface area (Å²) in [7, 11) is 3.36. The summed E-state index contributed by atoms with van der Waals surface area (Å²) in [6, 6.07) is 0.134. The summed E-state index contributed by atoms with van der Waals surface area (Å²) < 4.78 is 0. The van der Waals surface area contributed by atoms with Crippen LogP contribution in [0, 0.1) is 11.8 Å². The molecule has 0 aromatic rings. The monoisotopic (exact) mass is 255 g/mol. The second-order valence-corrected chi connectivity index (χ2v) is 5.45. The summed E-state index contributed by atoms with van der Waals surface area (Å²) in [6.45, 7) is 2.61. The van der Waals surface area contributed by atoms with Gasteiger partial charge in [-0.2, -0.15) is 0 Å². The molecule has 1 fully saturated rings. The van der Waals surface area contributed by atoms with E-state index in [2.05, 4.69) is 12.2 Å². The quantitative estimate of drug-likeness (QED) is 0.761. The van der Waals surface area contributed by atoms with Crippen LogP contribution in [0.4, 0.5) is 0 Å². The zero-order valence-corrected chi connectivity index (χ0v) is 11.6. The molecule has 0 bridgehead atoms. The minimum Gasteiger partial charge on any atom is -0.359 e. The molecule has 1 aliphatic carbocycles. The standard InChI is InChI=1S/C13H25N3O2/c1-9-6-10(8-11(14)7-9)13(18)16(3)5-4-12(17)15-2/h9-11H,4-8,14H2,1-3H3,(H,15,17). The zero-order valence-electron chi connectivity index (χ0n) is 11.6. The summed E-state index contributed by atoms with van der Waals surface area (Å²) in [5.41, 5.74) is 5.96. The van der Waals surface area contributed by atoms with Crippen LogP contribution in [0.25, 0.3) is 0 Å². The molecular formula is C13H25N3O2. The second kappa shape index (κ2) is 6.73. The van der Waals surface area contributed by atoms with Gasteiger partial charge in [-0.3, -0.25) is 9.59 Å². The molecule has 0 aliphatic heterocycles. The normalized spacial score (nSPS) is 27.7. The number of hydrogen-bond acceptors (Lipinski definition) is 3. The van der Waals surface area contributed by atoms with Gasteiger partial charge >= 0.3 is 0 Å². The number of nitrogens with two attached hydrogens (primary N) is 1. The van der Waals surface area contributed by atoms with Gasteiger partial charge in [0.05, 0.1) is 0 Å². The van der Waals surface area contributed by atoms with E-state index < -0.39 is 0 Å². The number of carbonyl (C=O) groups is 2. The lowest BCUT2D eigenvalue weighted by Gasteiger charge is -2.32. The fourth-order valence-corrected chi connectivity index (χ4v) is 2.67. The molecule has 5 nitrogen and oxygen atoms in total. The topological polar surface area (TPSA) is 75.4 Å². The summed E-state index contributed by atoms with van der Waals surface area (Å²) in [6.07, 6.45) is 3.04. The van der Waals surface area contributed by atoms with Crippen molar-refractivity contribution in [3.05, 3.63) is 0 Å². The summed E-state index contributed by atoms with van der Waals surface area (Å²) in [5.74, 6) is 0.623. The molecule has 2 amide bonds. The third-order valence-electron chi connectivity index (χ3n) is 3.66. The molecule has 0 aromatic heterocycles. The number of nitrogens with one attached hydrogen (secondary N) is 1. The lowest BCUT2D eigenvalue weighted by atomic mass is 9.79. The Hall–Kier alpha value is -1.10. The van der Waals surface area contributed by atoms with Crippen molar-refractivity contribution in [2.24, 2.45) is 17.6 Å². The van der Waals surface area contributed by atoms with Crippen molar-refractivity contribution in [3.63, 3.8) is 0 Å². The van der Waals surface area contributed by atoms with Crippen LogP contribution in [-0.2, 0) is 9.59 Å². The third kappa shape index (κ3) is 4.29. The van der Waals surface area contributed by atoms with E-state index in [0.717, 1.165) is 19.3 Å². The highest BCUT2D eigenvalue weighted by molar-refractivity contribution is 5.80. The maximum Gasteiger partial charge on any atom is 0.225 e. The van der Waals surface area contributed by atoms with Crippen LogP contribution < -0.4 is 11.1 Å². The van der Waals surface area contributed by atoms with E-state index in [9.17, 15) is 9.59 Å². The molecule has 0 saturated heterocycles.